The number of amides is 1. The molecule has 6 rings (SSSR count). The monoisotopic (exact) mass is 349 g/mol. The van der Waals surface area contributed by atoms with Gasteiger partial charge in [-0.25, -0.2) is 0 Å². The maximum Gasteiger partial charge on any atom is 0.245 e. The van der Waals surface area contributed by atoms with E-state index in [1.54, 1.807) is 0 Å². The second kappa shape index (κ2) is 5.01. The van der Waals surface area contributed by atoms with Gasteiger partial charge in [-0.15, -0.1) is 0 Å². The van der Waals surface area contributed by atoms with Crippen LogP contribution in [0.3, 0.4) is 0 Å². The summed E-state index contributed by atoms with van der Waals surface area (Å²) in [6.45, 7) is 2.45. The Morgan fingerprint density at radius 3 is 2.81 bits per heavy atom. The van der Waals surface area contributed by atoms with E-state index in [1.165, 1.54) is 5.56 Å². The number of anilines is 1. The van der Waals surface area contributed by atoms with E-state index in [-0.39, 0.29) is 12.0 Å². The van der Waals surface area contributed by atoms with E-state index in [1.807, 2.05) is 29.2 Å². The quantitative estimate of drug-likeness (QED) is 0.836. The van der Waals surface area contributed by atoms with Crippen LogP contribution in [0.2, 0.25) is 0 Å². The summed E-state index contributed by atoms with van der Waals surface area (Å²) in [6, 6.07) is 12.2. The van der Waals surface area contributed by atoms with Gasteiger partial charge < -0.3 is 19.1 Å². The molecule has 0 aromatic heterocycles. The van der Waals surface area contributed by atoms with E-state index < -0.39 is 5.41 Å². The molecule has 5 nitrogen and oxygen atoms in total. The van der Waals surface area contributed by atoms with E-state index in [4.69, 9.17) is 14.2 Å². The summed E-state index contributed by atoms with van der Waals surface area (Å²) in [7, 11) is 0. The van der Waals surface area contributed by atoms with Crippen molar-refractivity contribution in [3.05, 3.63) is 53.1 Å². The van der Waals surface area contributed by atoms with Crippen LogP contribution in [-0.2, 0) is 21.4 Å². The van der Waals surface area contributed by atoms with Gasteiger partial charge in [-0.3, -0.25) is 4.79 Å². The topological polar surface area (TPSA) is 48.0 Å². The Hall–Kier alpha value is -2.53. The molecule has 5 heteroatoms. The number of nitrogens with zero attached hydrogens (tertiary/aromatic N) is 1. The molecule has 26 heavy (non-hydrogen) atoms. The Morgan fingerprint density at radius 2 is 1.96 bits per heavy atom. The van der Waals surface area contributed by atoms with Gasteiger partial charge in [0.15, 0.2) is 0 Å². The van der Waals surface area contributed by atoms with Crippen LogP contribution in [-0.4, -0.2) is 38.4 Å². The number of fused-ring (bicyclic) bond motifs is 5. The Labute approximate surface area is 151 Å². The van der Waals surface area contributed by atoms with Crippen LogP contribution < -0.4 is 14.4 Å². The molecule has 1 saturated heterocycles. The van der Waals surface area contributed by atoms with Crippen LogP contribution in [0, 0.1) is 0 Å². The number of hydrogen-bond acceptors (Lipinski definition) is 4. The summed E-state index contributed by atoms with van der Waals surface area (Å²) in [5.41, 5.74) is 3.44. The highest BCUT2D eigenvalue weighted by Crippen LogP contribution is 2.54. The standard InChI is InChI=1S/C21H19NO4/c23-20-21(12-26-19-10-18-13(5-7-25-18)9-16(19)21)15-3-1-2-4-17(15)22(20)11-14-6-8-24-14/h1-4,9-10,14H,5-8,11-12H2. The first kappa shape index (κ1) is 14.6. The molecule has 1 spiro atoms. The van der Waals surface area contributed by atoms with Gasteiger partial charge in [-0.05, 0) is 29.7 Å². The van der Waals surface area contributed by atoms with Gasteiger partial charge in [0.1, 0.15) is 23.5 Å². The van der Waals surface area contributed by atoms with Crippen LogP contribution in [0.5, 0.6) is 11.5 Å². The van der Waals surface area contributed by atoms with E-state index in [0.717, 1.165) is 47.8 Å². The Bertz CT molecular complexity index is 936. The third-order valence-corrected chi connectivity index (χ3v) is 6.14. The Balaban J connectivity index is 1.52. The van der Waals surface area contributed by atoms with Crippen molar-refractivity contribution < 1.29 is 19.0 Å². The fraction of sp³-hybridized carbons (Fsp3) is 0.381. The summed E-state index contributed by atoms with van der Waals surface area (Å²) in [5.74, 6) is 1.77. The van der Waals surface area contributed by atoms with Crippen molar-refractivity contribution in [2.24, 2.45) is 0 Å². The summed E-state index contributed by atoms with van der Waals surface area (Å²) in [6.07, 6.45) is 2.03. The second-order valence-electron chi connectivity index (χ2n) is 7.46. The first-order chi connectivity index (χ1) is 12.8. The predicted molar refractivity (Wildman–Crippen MR) is 95.1 cm³/mol. The molecule has 4 heterocycles. The summed E-state index contributed by atoms with van der Waals surface area (Å²) in [4.78, 5) is 15.6. The maximum absolute atomic E-state index is 13.7. The molecule has 0 radical (unpaired) electrons. The third kappa shape index (κ3) is 1.71. The summed E-state index contributed by atoms with van der Waals surface area (Å²) >= 11 is 0. The number of para-hydroxylation sites is 1. The zero-order valence-electron chi connectivity index (χ0n) is 14.4. The zero-order chi connectivity index (χ0) is 17.3. The SMILES string of the molecule is O=C1N(CC2CCO2)c2ccccc2C12COc1cc3c(cc12)CCO3. The lowest BCUT2D eigenvalue weighted by Gasteiger charge is -2.31. The fourth-order valence-electron chi connectivity index (χ4n) is 4.66. The minimum Gasteiger partial charge on any atom is -0.493 e. The molecule has 2 unspecified atom stereocenters. The van der Waals surface area contributed by atoms with Crippen molar-refractivity contribution in [1.29, 1.82) is 0 Å². The molecule has 2 aromatic rings. The average molecular weight is 349 g/mol. The molecule has 0 saturated carbocycles. The van der Waals surface area contributed by atoms with Crippen molar-refractivity contribution in [1.82, 2.24) is 0 Å². The summed E-state index contributed by atoms with van der Waals surface area (Å²) in [5, 5.41) is 0. The number of benzene rings is 2. The first-order valence-corrected chi connectivity index (χ1v) is 9.23. The molecule has 4 aliphatic heterocycles. The lowest BCUT2D eigenvalue weighted by Crippen LogP contribution is -2.47. The first-order valence-electron chi connectivity index (χ1n) is 9.23. The number of carbonyl (C=O) groups is 1. The van der Waals surface area contributed by atoms with Gasteiger partial charge in [-0.2, -0.15) is 0 Å². The summed E-state index contributed by atoms with van der Waals surface area (Å²) < 4.78 is 17.3. The van der Waals surface area contributed by atoms with Gasteiger partial charge in [0.05, 0.1) is 19.3 Å². The van der Waals surface area contributed by atoms with Crippen LogP contribution in [0.15, 0.2) is 36.4 Å². The number of rotatable bonds is 2. The normalized spacial score (nSPS) is 27.6. The Kier molecular flexibility index (Phi) is 2.82. The lowest BCUT2D eigenvalue weighted by atomic mass is 9.76. The molecule has 0 aliphatic carbocycles. The molecule has 132 valence electrons. The van der Waals surface area contributed by atoms with E-state index in [2.05, 4.69) is 12.1 Å². The number of ether oxygens (including phenoxy) is 3. The average Bonchev–Trinajstić information content (AvgIpc) is 3.28. The zero-order valence-corrected chi connectivity index (χ0v) is 14.4. The molecule has 4 aliphatic rings. The highest BCUT2D eigenvalue weighted by Gasteiger charge is 2.57. The van der Waals surface area contributed by atoms with Crippen molar-refractivity contribution in [3.8, 4) is 11.5 Å². The third-order valence-electron chi connectivity index (χ3n) is 6.14. The molecule has 0 bridgehead atoms. The van der Waals surface area contributed by atoms with Gasteiger partial charge in [0, 0.05) is 30.3 Å². The molecular weight excluding hydrogens is 330 g/mol. The van der Waals surface area contributed by atoms with Crippen LogP contribution >= 0.6 is 0 Å². The van der Waals surface area contributed by atoms with Crippen molar-refractivity contribution in [3.63, 3.8) is 0 Å². The molecular formula is C21H19NO4. The Morgan fingerprint density at radius 1 is 1.08 bits per heavy atom. The van der Waals surface area contributed by atoms with Gasteiger partial charge in [-0.1, -0.05) is 18.2 Å². The van der Waals surface area contributed by atoms with Crippen LogP contribution in [0.25, 0.3) is 0 Å². The molecule has 2 aromatic carbocycles. The van der Waals surface area contributed by atoms with Crippen LogP contribution in [0.1, 0.15) is 23.1 Å². The van der Waals surface area contributed by atoms with Gasteiger partial charge in [0.25, 0.3) is 0 Å². The van der Waals surface area contributed by atoms with E-state index in [9.17, 15) is 4.79 Å². The smallest absolute Gasteiger partial charge is 0.245 e. The van der Waals surface area contributed by atoms with E-state index >= 15 is 0 Å². The highest BCUT2D eigenvalue weighted by atomic mass is 16.5. The molecule has 2 atom stereocenters. The van der Waals surface area contributed by atoms with Crippen molar-refractivity contribution in [2.75, 3.05) is 31.3 Å². The van der Waals surface area contributed by atoms with Crippen molar-refractivity contribution >= 4 is 11.6 Å². The minimum atomic E-state index is -0.743. The van der Waals surface area contributed by atoms with Crippen molar-refractivity contribution in [2.45, 2.75) is 24.4 Å². The number of carbonyl (C=O) groups excluding carboxylic acids is 1. The maximum atomic E-state index is 13.7. The molecule has 1 amide bonds. The van der Waals surface area contributed by atoms with Gasteiger partial charge in [0.2, 0.25) is 5.91 Å². The number of hydrogen-bond donors (Lipinski definition) is 0. The highest BCUT2D eigenvalue weighted by molar-refractivity contribution is 6.11. The predicted octanol–water partition coefficient (Wildman–Crippen LogP) is 2.44. The second-order valence-corrected chi connectivity index (χ2v) is 7.46. The van der Waals surface area contributed by atoms with E-state index in [0.29, 0.717) is 19.8 Å². The lowest BCUT2D eigenvalue weighted by molar-refractivity contribution is -0.123. The van der Waals surface area contributed by atoms with Gasteiger partial charge >= 0.3 is 0 Å². The van der Waals surface area contributed by atoms with Crippen LogP contribution in [0.4, 0.5) is 5.69 Å². The fourth-order valence-corrected chi connectivity index (χ4v) is 4.66. The molecule has 1 fully saturated rings. The largest absolute Gasteiger partial charge is 0.493 e. The molecule has 0 N–H and O–H groups in total. The minimum absolute atomic E-state index is 0.104.